The summed E-state index contributed by atoms with van der Waals surface area (Å²) in [5.41, 5.74) is 0. The standard InChI is InChI=1S/C76H138O6/c1-4-7-10-13-16-19-22-25-28-31-34-36-38-40-42-45-48-51-54-57-60-63-66-69-75(78)81-72-73(71-80-74(77)68-65-62-59-56-53-50-47-44-41-33-30-27-24-21-18-15-12-9-6-3)82-76(79)70-67-64-61-58-55-52-49-46-43-39-37-35-32-29-26-23-20-17-14-11-8-5-2/h18,21-22,25,27,30-31,34,41,44,73H,4-17,19-20,23-24,26,28-29,32-33,35-40,42-43,45-72H2,1-3H3/b21-18-,25-22-,30-27-,34-31-,44-41-. The summed E-state index contributed by atoms with van der Waals surface area (Å²) < 4.78 is 17.0. The molecule has 478 valence electrons. The second kappa shape index (κ2) is 70.6. The van der Waals surface area contributed by atoms with Crippen LogP contribution in [0.2, 0.25) is 0 Å². The molecule has 0 rings (SSSR count). The van der Waals surface area contributed by atoms with Crippen molar-refractivity contribution in [1.29, 1.82) is 0 Å². The van der Waals surface area contributed by atoms with Gasteiger partial charge in [-0.2, -0.15) is 0 Å². The predicted octanol–water partition coefficient (Wildman–Crippen LogP) is 25.1. The largest absolute Gasteiger partial charge is 0.462 e. The van der Waals surface area contributed by atoms with E-state index in [-0.39, 0.29) is 31.1 Å². The number of carbonyl (C=O) groups is 3. The molecule has 0 aromatic carbocycles. The Labute approximate surface area is 510 Å². The quantitative estimate of drug-likeness (QED) is 0.0261. The summed E-state index contributed by atoms with van der Waals surface area (Å²) in [5, 5.41) is 0. The van der Waals surface area contributed by atoms with Crippen LogP contribution in [-0.2, 0) is 28.6 Å². The minimum atomic E-state index is -0.781. The van der Waals surface area contributed by atoms with E-state index in [2.05, 4.69) is 81.5 Å². The maximum Gasteiger partial charge on any atom is 0.306 e. The molecule has 0 aromatic heterocycles. The highest BCUT2D eigenvalue weighted by Crippen LogP contribution is 2.18. The fraction of sp³-hybridized carbons (Fsp3) is 0.829. The number of ether oxygens (including phenoxy) is 3. The Kier molecular flexibility index (Phi) is 68.1. The maximum atomic E-state index is 13.0. The number of hydrogen-bond acceptors (Lipinski definition) is 6. The molecule has 0 radical (unpaired) electrons. The molecular formula is C76H138O6. The molecule has 0 saturated carbocycles. The molecule has 0 aliphatic heterocycles. The van der Waals surface area contributed by atoms with Crippen molar-refractivity contribution in [2.45, 2.75) is 393 Å². The Morgan fingerprint density at radius 2 is 0.439 bits per heavy atom. The molecule has 0 N–H and O–H groups in total. The van der Waals surface area contributed by atoms with Gasteiger partial charge in [0.15, 0.2) is 6.10 Å². The average molecular weight is 1150 g/mol. The fourth-order valence-electron chi connectivity index (χ4n) is 10.8. The summed E-state index contributed by atoms with van der Waals surface area (Å²) in [6.07, 6.45) is 91.0. The minimum Gasteiger partial charge on any atom is -0.462 e. The molecule has 0 spiro atoms. The van der Waals surface area contributed by atoms with Crippen LogP contribution >= 0.6 is 0 Å². The highest BCUT2D eigenvalue weighted by Gasteiger charge is 2.19. The lowest BCUT2D eigenvalue weighted by Gasteiger charge is -2.18. The van der Waals surface area contributed by atoms with E-state index in [1.165, 1.54) is 263 Å². The van der Waals surface area contributed by atoms with Crippen LogP contribution in [0.5, 0.6) is 0 Å². The second-order valence-electron chi connectivity index (χ2n) is 24.5. The topological polar surface area (TPSA) is 78.9 Å². The van der Waals surface area contributed by atoms with Crippen molar-refractivity contribution < 1.29 is 28.6 Å². The van der Waals surface area contributed by atoms with Gasteiger partial charge in [0.25, 0.3) is 0 Å². The van der Waals surface area contributed by atoms with Gasteiger partial charge < -0.3 is 14.2 Å². The summed E-state index contributed by atoms with van der Waals surface area (Å²) in [6, 6.07) is 0. The Hall–Kier alpha value is -2.89. The van der Waals surface area contributed by atoms with Crippen LogP contribution in [0.25, 0.3) is 0 Å². The number of esters is 3. The third-order valence-corrected chi connectivity index (χ3v) is 16.2. The fourth-order valence-corrected chi connectivity index (χ4v) is 10.8. The van der Waals surface area contributed by atoms with E-state index in [0.29, 0.717) is 19.3 Å². The van der Waals surface area contributed by atoms with Crippen molar-refractivity contribution in [3.8, 4) is 0 Å². The van der Waals surface area contributed by atoms with Gasteiger partial charge in [-0.1, -0.05) is 338 Å². The predicted molar refractivity (Wildman–Crippen MR) is 358 cm³/mol. The van der Waals surface area contributed by atoms with Crippen LogP contribution in [0, 0.1) is 0 Å². The molecule has 1 unspecified atom stereocenters. The van der Waals surface area contributed by atoms with Crippen molar-refractivity contribution in [3.05, 3.63) is 60.8 Å². The molecule has 0 amide bonds. The molecule has 6 heteroatoms. The molecule has 0 aliphatic rings. The van der Waals surface area contributed by atoms with Crippen molar-refractivity contribution in [1.82, 2.24) is 0 Å². The number of allylic oxidation sites excluding steroid dienone is 10. The summed E-state index contributed by atoms with van der Waals surface area (Å²) in [7, 11) is 0. The Morgan fingerprint density at radius 1 is 0.244 bits per heavy atom. The molecule has 82 heavy (non-hydrogen) atoms. The third-order valence-electron chi connectivity index (χ3n) is 16.2. The molecular weight excluding hydrogens is 1010 g/mol. The van der Waals surface area contributed by atoms with E-state index in [1.807, 2.05) is 0 Å². The van der Waals surface area contributed by atoms with E-state index in [4.69, 9.17) is 14.2 Å². The van der Waals surface area contributed by atoms with Crippen molar-refractivity contribution in [2.75, 3.05) is 13.2 Å². The van der Waals surface area contributed by atoms with Crippen LogP contribution in [0.15, 0.2) is 60.8 Å². The normalized spacial score (nSPS) is 12.4. The first kappa shape index (κ1) is 79.1. The molecule has 0 aliphatic carbocycles. The van der Waals surface area contributed by atoms with Gasteiger partial charge >= 0.3 is 17.9 Å². The lowest BCUT2D eigenvalue weighted by molar-refractivity contribution is -0.167. The maximum absolute atomic E-state index is 13.0. The van der Waals surface area contributed by atoms with Crippen LogP contribution in [0.1, 0.15) is 387 Å². The van der Waals surface area contributed by atoms with Crippen LogP contribution < -0.4 is 0 Å². The molecule has 1 atom stereocenters. The Bertz CT molecular complexity index is 1460. The molecule has 0 bridgehead atoms. The zero-order valence-electron chi connectivity index (χ0n) is 55.0. The zero-order chi connectivity index (χ0) is 59.2. The van der Waals surface area contributed by atoms with Gasteiger partial charge in [0.2, 0.25) is 0 Å². The number of carbonyl (C=O) groups excluding carboxylic acids is 3. The van der Waals surface area contributed by atoms with Crippen LogP contribution in [0.4, 0.5) is 0 Å². The smallest absolute Gasteiger partial charge is 0.306 e. The molecule has 0 heterocycles. The van der Waals surface area contributed by atoms with Crippen molar-refractivity contribution in [3.63, 3.8) is 0 Å². The minimum absolute atomic E-state index is 0.0758. The second-order valence-corrected chi connectivity index (χ2v) is 24.5. The summed E-state index contributed by atoms with van der Waals surface area (Å²) >= 11 is 0. The molecule has 0 fully saturated rings. The van der Waals surface area contributed by atoms with Gasteiger partial charge in [-0.05, 0) is 89.9 Å². The van der Waals surface area contributed by atoms with Gasteiger partial charge in [-0.3, -0.25) is 14.4 Å². The number of hydrogen-bond donors (Lipinski definition) is 0. The number of rotatable bonds is 67. The van der Waals surface area contributed by atoms with Crippen molar-refractivity contribution in [2.24, 2.45) is 0 Å². The van der Waals surface area contributed by atoms with E-state index in [1.54, 1.807) is 0 Å². The summed E-state index contributed by atoms with van der Waals surface area (Å²) in [5.74, 6) is -0.864. The molecule has 0 saturated heterocycles. The van der Waals surface area contributed by atoms with Gasteiger partial charge in [0, 0.05) is 19.3 Å². The number of unbranched alkanes of at least 4 members (excludes halogenated alkanes) is 46. The first-order valence-electron chi connectivity index (χ1n) is 36.3. The molecule has 6 nitrogen and oxygen atoms in total. The summed E-state index contributed by atoms with van der Waals surface area (Å²) in [4.78, 5) is 38.5. The van der Waals surface area contributed by atoms with Crippen molar-refractivity contribution >= 4 is 17.9 Å². The highest BCUT2D eigenvalue weighted by atomic mass is 16.6. The van der Waals surface area contributed by atoms with E-state index in [9.17, 15) is 14.4 Å². The van der Waals surface area contributed by atoms with Gasteiger partial charge in [0.05, 0.1) is 0 Å². The van der Waals surface area contributed by atoms with E-state index >= 15 is 0 Å². The lowest BCUT2D eigenvalue weighted by Crippen LogP contribution is -2.30. The average Bonchev–Trinajstić information content (AvgIpc) is 3.47. The Morgan fingerprint density at radius 3 is 0.707 bits per heavy atom. The van der Waals surface area contributed by atoms with Crippen LogP contribution in [0.3, 0.4) is 0 Å². The third kappa shape index (κ3) is 67.9. The van der Waals surface area contributed by atoms with Gasteiger partial charge in [-0.15, -0.1) is 0 Å². The highest BCUT2D eigenvalue weighted by molar-refractivity contribution is 5.71. The lowest BCUT2D eigenvalue weighted by atomic mass is 10.0. The van der Waals surface area contributed by atoms with Crippen LogP contribution in [-0.4, -0.2) is 37.2 Å². The first-order chi connectivity index (χ1) is 40.5. The van der Waals surface area contributed by atoms with E-state index in [0.717, 1.165) is 83.5 Å². The zero-order valence-corrected chi connectivity index (χ0v) is 55.0. The Balaban J connectivity index is 4.35. The summed E-state index contributed by atoms with van der Waals surface area (Å²) in [6.45, 7) is 6.66. The van der Waals surface area contributed by atoms with E-state index < -0.39 is 6.10 Å². The molecule has 0 aromatic rings. The first-order valence-corrected chi connectivity index (χ1v) is 36.3. The van der Waals surface area contributed by atoms with Gasteiger partial charge in [-0.25, -0.2) is 0 Å². The SMILES string of the molecule is CCCCC/C=C\C/C=C\C/C=C\CCCCCCCCC(=O)OCC(COC(=O)CCCCCCCCCCCCC/C=C\C/C=C\CCCCCCC)OC(=O)CCCCCCCCCCCCCCCCCCCCCCCC. The van der Waals surface area contributed by atoms with Gasteiger partial charge in [0.1, 0.15) is 13.2 Å². The monoisotopic (exact) mass is 1150 g/mol.